The standard InChI is InChI=1S/C8H15NO/c1-7-3-8(6-10-7)4-9(2)5-8/h7H,3-6H2,1-2H3. The Labute approximate surface area is 62.2 Å². The van der Waals surface area contributed by atoms with E-state index < -0.39 is 0 Å². The average molecular weight is 141 g/mol. The second-order valence-electron chi connectivity index (χ2n) is 4.00. The van der Waals surface area contributed by atoms with Crippen molar-refractivity contribution >= 4 is 0 Å². The highest BCUT2D eigenvalue weighted by molar-refractivity contribution is 4.97. The Morgan fingerprint density at radius 3 is 2.60 bits per heavy atom. The van der Waals surface area contributed by atoms with Gasteiger partial charge in [-0.15, -0.1) is 0 Å². The van der Waals surface area contributed by atoms with Crippen molar-refractivity contribution in [1.82, 2.24) is 4.90 Å². The fourth-order valence-electron chi connectivity index (χ4n) is 2.37. The maximum atomic E-state index is 5.53. The molecule has 1 spiro atoms. The average Bonchev–Trinajstić information content (AvgIpc) is 2.10. The Morgan fingerprint density at radius 2 is 2.20 bits per heavy atom. The molecule has 58 valence electrons. The Hall–Kier alpha value is -0.0800. The summed E-state index contributed by atoms with van der Waals surface area (Å²) in [4.78, 5) is 2.36. The molecule has 2 nitrogen and oxygen atoms in total. The van der Waals surface area contributed by atoms with E-state index in [2.05, 4.69) is 18.9 Å². The van der Waals surface area contributed by atoms with Gasteiger partial charge in [0.1, 0.15) is 0 Å². The molecule has 2 heteroatoms. The maximum Gasteiger partial charge on any atom is 0.0554 e. The van der Waals surface area contributed by atoms with Crippen molar-refractivity contribution in [3.8, 4) is 0 Å². The minimum atomic E-state index is 0.508. The first-order valence-corrected chi connectivity index (χ1v) is 4.00. The van der Waals surface area contributed by atoms with Crippen molar-refractivity contribution < 1.29 is 4.74 Å². The third-order valence-electron chi connectivity index (χ3n) is 2.61. The zero-order valence-electron chi connectivity index (χ0n) is 6.76. The minimum Gasteiger partial charge on any atom is -0.378 e. The smallest absolute Gasteiger partial charge is 0.0554 e. The van der Waals surface area contributed by atoms with Gasteiger partial charge in [-0.1, -0.05) is 0 Å². The van der Waals surface area contributed by atoms with Crippen LogP contribution in [0.2, 0.25) is 0 Å². The van der Waals surface area contributed by atoms with Crippen molar-refractivity contribution in [2.75, 3.05) is 26.7 Å². The predicted molar refractivity (Wildman–Crippen MR) is 40.0 cm³/mol. The topological polar surface area (TPSA) is 12.5 Å². The molecular weight excluding hydrogens is 126 g/mol. The molecule has 1 unspecified atom stereocenters. The molecule has 2 saturated heterocycles. The molecule has 0 aromatic rings. The van der Waals surface area contributed by atoms with E-state index in [1.165, 1.54) is 19.5 Å². The van der Waals surface area contributed by atoms with Crippen LogP contribution in [0.4, 0.5) is 0 Å². The second-order valence-corrected chi connectivity index (χ2v) is 4.00. The normalized spacial score (nSPS) is 38.4. The van der Waals surface area contributed by atoms with E-state index in [1.54, 1.807) is 0 Å². The van der Waals surface area contributed by atoms with Gasteiger partial charge in [0.2, 0.25) is 0 Å². The van der Waals surface area contributed by atoms with Gasteiger partial charge in [0.15, 0.2) is 0 Å². The van der Waals surface area contributed by atoms with E-state index in [4.69, 9.17) is 4.74 Å². The Kier molecular flexibility index (Phi) is 1.29. The largest absolute Gasteiger partial charge is 0.378 e. The molecule has 0 bridgehead atoms. The van der Waals surface area contributed by atoms with Crippen molar-refractivity contribution in [3.05, 3.63) is 0 Å². The zero-order chi connectivity index (χ0) is 7.19. The van der Waals surface area contributed by atoms with Crippen LogP contribution in [-0.2, 0) is 4.74 Å². The quantitative estimate of drug-likeness (QED) is 0.493. The fourth-order valence-corrected chi connectivity index (χ4v) is 2.37. The van der Waals surface area contributed by atoms with Crippen molar-refractivity contribution in [1.29, 1.82) is 0 Å². The molecule has 0 saturated carbocycles. The van der Waals surface area contributed by atoms with E-state index in [0.717, 1.165) is 6.61 Å². The van der Waals surface area contributed by atoms with Crippen molar-refractivity contribution in [2.45, 2.75) is 19.4 Å². The second kappa shape index (κ2) is 1.95. The van der Waals surface area contributed by atoms with Gasteiger partial charge < -0.3 is 9.64 Å². The summed E-state index contributed by atoms with van der Waals surface area (Å²) in [6.07, 6.45) is 1.78. The van der Waals surface area contributed by atoms with Gasteiger partial charge in [0.05, 0.1) is 12.7 Å². The highest BCUT2D eigenvalue weighted by Crippen LogP contribution is 2.39. The molecule has 0 N–H and O–H groups in total. The number of nitrogens with zero attached hydrogens (tertiary/aromatic N) is 1. The minimum absolute atomic E-state index is 0.508. The summed E-state index contributed by atoms with van der Waals surface area (Å²) in [6, 6.07) is 0. The summed E-state index contributed by atoms with van der Waals surface area (Å²) in [6.45, 7) is 5.67. The fraction of sp³-hybridized carbons (Fsp3) is 1.00. The first kappa shape index (κ1) is 6.62. The summed E-state index contributed by atoms with van der Waals surface area (Å²) >= 11 is 0. The third kappa shape index (κ3) is 0.867. The van der Waals surface area contributed by atoms with Gasteiger partial charge >= 0.3 is 0 Å². The molecule has 2 aliphatic rings. The van der Waals surface area contributed by atoms with Gasteiger partial charge in [-0.2, -0.15) is 0 Å². The zero-order valence-corrected chi connectivity index (χ0v) is 6.76. The monoisotopic (exact) mass is 141 g/mol. The lowest BCUT2D eigenvalue weighted by Crippen LogP contribution is -2.54. The number of rotatable bonds is 0. The van der Waals surface area contributed by atoms with Crippen LogP contribution in [0, 0.1) is 5.41 Å². The molecular formula is C8H15NO. The molecule has 2 heterocycles. The van der Waals surface area contributed by atoms with Crippen LogP contribution >= 0.6 is 0 Å². The molecule has 0 amide bonds. The summed E-state index contributed by atoms with van der Waals surface area (Å²) in [7, 11) is 2.17. The Balaban J connectivity index is 1.95. The first-order valence-electron chi connectivity index (χ1n) is 4.00. The molecule has 0 aromatic heterocycles. The maximum absolute atomic E-state index is 5.53. The Morgan fingerprint density at radius 1 is 1.50 bits per heavy atom. The number of hydrogen-bond donors (Lipinski definition) is 0. The van der Waals surface area contributed by atoms with Gasteiger partial charge in [-0.25, -0.2) is 0 Å². The number of hydrogen-bond acceptors (Lipinski definition) is 2. The lowest BCUT2D eigenvalue weighted by atomic mass is 9.78. The van der Waals surface area contributed by atoms with Crippen LogP contribution in [0.15, 0.2) is 0 Å². The van der Waals surface area contributed by atoms with Crippen molar-refractivity contribution in [2.24, 2.45) is 5.41 Å². The van der Waals surface area contributed by atoms with Gasteiger partial charge in [0.25, 0.3) is 0 Å². The van der Waals surface area contributed by atoms with Crippen LogP contribution < -0.4 is 0 Å². The summed E-state index contributed by atoms with van der Waals surface area (Å²) < 4.78 is 5.53. The lowest BCUT2D eigenvalue weighted by molar-refractivity contribution is 0.00976. The summed E-state index contributed by atoms with van der Waals surface area (Å²) in [5, 5.41) is 0. The molecule has 10 heavy (non-hydrogen) atoms. The van der Waals surface area contributed by atoms with E-state index in [9.17, 15) is 0 Å². The van der Waals surface area contributed by atoms with Crippen LogP contribution in [-0.4, -0.2) is 37.7 Å². The van der Waals surface area contributed by atoms with E-state index >= 15 is 0 Å². The van der Waals surface area contributed by atoms with Gasteiger partial charge in [-0.05, 0) is 20.4 Å². The first-order chi connectivity index (χ1) is 4.70. The SMILES string of the molecule is CC1CC2(CO1)CN(C)C2. The lowest BCUT2D eigenvalue weighted by Gasteiger charge is -2.45. The number of ether oxygens (including phenoxy) is 1. The molecule has 0 aromatic carbocycles. The van der Waals surface area contributed by atoms with E-state index in [-0.39, 0.29) is 0 Å². The molecule has 1 atom stereocenters. The molecule has 2 aliphatic heterocycles. The van der Waals surface area contributed by atoms with Crippen LogP contribution in [0.1, 0.15) is 13.3 Å². The third-order valence-corrected chi connectivity index (χ3v) is 2.61. The molecule has 2 rings (SSSR count). The van der Waals surface area contributed by atoms with Gasteiger partial charge in [-0.3, -0.25) is 0 Å². The van der Waals surface area contributed by atoms with Crippen LogP contribution in [0.3, 0.4) is 0 Å². The van der Waals surface area contributed by atoms with E-state index in [0.29, 0.717) is 11.5 Å². The molecule has 2 fully saturated rings. The van der Waals surface area contributed by atoms with Crippen LogP contribution in [0.25, 0.3) is 0 Å². The molecule has 0 radical (unpaired) electrons. The Bertz CT molecular complexity index is 135. The molecule has 0 aliphatic carbocycles. The highest BCUT2D eigenvalue weighted by atomic mass is 16.5. The van der Waals surface area contributed by atoms with Gasteiger partial charge in [0, 0.05) is 18.5 Å². The number of likely N-dealkylation sites (tertiary alicyclic amines) is 1. The highest BCUT2D eigenvalue weighted by Gasteiger charge is 2.46. The summed E-state index contributed by atoms with van der Waals surface area (Å²) in [5.74, 6) is 0. The van der Waals surface area contributed by atoms with Crippen molar-refractivity contribution in [3.63, 3.8) is 0 Å². The van der Waals surface area contributed by atoms with Crippen LogP contribution in [0.5, 0.6) is 0 Å². The van der Waals surface area contributed by atoms with E-state index in [1.807, 2.05) is 0 Å². The summed E-state index contributed by atoms with van der Waals surface area (Å²) in [5.41, 5.74) is 0.564. The predicted octanol–water partition coefficient (Wildman–Crippen LogP) is 0.727.